The number of hydrogen-bond donors (Lipinski definition) is 2. The quantitative estimate of drug-likeness (QED) is 0.455. The highest BCUT2D eigenvalue weighted by atomic mass is 127. The number of thiocarbonyl (C=S) groups is 1. The molecule has 10 heteroatoms. The molecule has 0 spiro atoms. The van der Waals surface area contributed by atoms with E-state index < -0.39 is 17.6 Å². The molecule has 0 aliphatic carbocycles. The van der Waals surface area contributed by atoms with Gasteiger partial charge in [-0.25, -0.2) is 0 Å². The number of hydrogen-bond acceptors (Lipinski definition) is 4. The Morgan fingerprint density at radius 2 is 1.86 bits per heavy atom. The van der Waals surface area contributed by atoms with Gasteiger partial charge in [0.1, 0.15) is 0 Å². The van der Waals surface area contributed by atoms with Gasteiger partial charge in [-0.1, -0.05) is 6.07 Å². The molecule has 1 aliphatic heterocycles. The van der Waals surface area contributed by atoms with E-state index in [9.17, 15) is 18.0 Å². The smallest absolute Gasteiger partial charge is 0.378 e. The molecule has 1 fully saturated rings. The number of benzene rings is 2. The summed E-state index contributed by atoms with van der Waals surface area (Å²) < 4.78 is 45.7. The first-order valence-corrected chi connectivity index (χ1v) is 10.1. The monoisotopic (exact) mass is 535 g/mol. The Kier molecular flexibility index (Phi) is 6.96. The number of carbonyl (C=O) groups is 1. The van der Waals surface area contributed by atoms with E-state index in [0.717, 1.165) is 15.7 Å². The van der Waals surface area contributed by atoms with Crippen molar-refractivity contribution in [2.75, 3.05) is 36.5 Å². The van der Waals surface area contributed by atoms with Gasteiger partial charge in [0.2, 0.25) is 0 Å². The molecule has 5 nitrogen and oxygen atoms in total. The standard InChI is InChI=1S/C19H17F3IN3O2S/c20-19(21,22)13-4-5-16(26-6-8-28-9-7-26)15(11-13)24-18(29)25-17(27)12-2-1-3-14(23)10-12/h1-5,10-11H,6-9H2,(H2,24,25,27,29). The van der Waals surface area contributed by atoms with Crippen LogP contribution >= 0.6 is 34.8 Å². The molecule has 154 valence electrons. The Hall–Kier alpha value is -1.92. The summed E-state index contributed by atoms with van der Waals surface area (Å²) >= 11 is 7.25. The van der Waals surface area contributed by atoms with Crippen LogP contribution in [0.4, 0.5) is 24.5 Å². The predicted octanol–water partition coefficient (Wildman–Crippen LogP) is 4.27. The van der Waals surface area contributed by atoms with Gasteiger partial charge in [0.25, 0.3) is 5.91 Å². The molecule has 1 amide bonds. The second-order valence-corrected chi connectivity index (χ2v) is 7.90. The van der Waals surface area contributed by atoms with Crippen LogP contribution in [-0.2, 0) is 10.9 Å². The number of halogens is 4. The number of carbonyl (C=O) groups excluding carboxylic acids is 1. The number of anilines is 2. The van der Waals surface area contributed by atoms with Crippen molar-refractivity contribution < 1.29 is 22.7 Å². The van der Waals surface area contributed by atoms with Crippen LogP contribution in [0.2, 0.25) is 0 Å². The molecule has 2 N–H and O–H groups in total. The number of morpholine rings is 1. The molecule has 2 aromatic rings. The summed E-state index contributed by atoms with van der Waals surface area (Å²) in [6.45, 7) is 2.05. The van der Waals surface area contributed by atoms with E-state index in [-0.39, 0.29) is 10.8 Å². The van der Waals surface area contributed by atoms with E-state index >= 15 is 0 Å². The Balaban J connectivity index is 1.81. The lowest BCUT2D eigenvalue weighted by Crippen LogP contribution is -2.38. The van der Waals surface area contributed by atoms with Crippen molar-refractivity contribution in [1.29, 1.82) is 0 Å². The van der Waals surface area contributed by atoms with E-state index in [2.05, 4.69) is 33.2 Å². The molecule has 1 aliphatic rings. The van der Waals surface area contributed by atoms with Gasteiger partial charge in [-0.3, -0.25) is 10.1 Å². The second kappa shape index (κ2) is 9.26. The Morgan fingerprint density at radius 1 is 1.14 bits per heavy atom. The zero-order chi connectivity index (χ0) is 21.0. The fourth-order valence-electron chi connectivity index (χ4n) is 2.85. The highest BCUT2D eigenvalue weighted by molar-refractivity contribution is 14.1. The third-order valence-corrected chi connectivity index (χ3v) is 5.11. The highest BCUT2D eigenvalue weighted by Gasteiger charge is 2.31. The van der Waals surface area contributed by atoms with E-state index in [1.54, 1.807) is 18.2 Å². The van der Waals surface area contributed by atoms with Crippen LogP contribution in [0.25, 0.3) is 0 Å². The molecule has 0 radical (unpaired) electrons. The molecular formula is C19H17F3IN3O2S. The molecule has 0 atom stereocenters. The number of nitrogens with zero attached hydrogens (tertiary/aromatic N) is 1. The maximum atomic E-state index is 13.2. The molecule has 3 rings (SSSR count). The van der Waals surface area contributed by atoms with Gasteiger partial charge in [-0.05, 0) is 71.2 Å². The van der Waals surface area contributed by atoms with Crippen LogP contribution in [0.5, 0.6) is 0 Å². The maximum absolute atomic E-state index is 13.2. The van der Waals surface area contributed by atoms with Gasteiger partial charge >= 0.3 is 6.18 Å². The zero-order valence-electron chi connectivity index (χ0n) is 15.1. The Bertz CT molecular complexity index is 918. The van der Waals surface area contributed by atoms with Crippen molar-refractivity contribution in [3.8, 4) is 0 Å². The van der Waals surface area contributed by atoms with Crippen molar-refractivity contribution in [2.24, 2.45) is 0 Å². The molecule has 0 bridgehead atoms. The number of alkyl halides is 3. The molecule has 1 saturated heterocycles. The third-order valence-electron chi connectivity index (χ3n) is 4.24. The normalized spacial score (nSPS) is 14.4. The van der Waals surface area contributed by atoms with Crippen LogP contribution in [0, 0.1) is 3.57 Å². The van der Waals surface area contributed by atoms with E-state index in [4.69, 9.17) is 17.0 Å². The first-order chi connectivity index (χ1) is 13.7. The van der Waals surface area contributed by atoms with Crippen LogP contribution in [-0.4, -0.2) is 37.3 Å². The van der Waals surface area contributed by atoms with Crippen molar-refractivity contribution in [2.45, 2.75) is 6.18 Å². The van der Waals surface area contributed by atoms with Gasteiger partial charge in [0, 0.05) is 22.2 Å². The van der Waals surface area contributed by atoms with Gasteiger partial charge in [-0.15, -0.1) is 0 Å². The van der Waals surface area contributed by atoms with Gasteiger partial charge < -0.3 is 15.0 Å². The third kappa shape index (κ3) is 5.80. The number of nitrogens with one attached hydrogen (secondary N) is 2. The van der Waals surface area contributed by atoms with Crippen molar-refractivity contribution in [3.63, 3.8) is 0 Å². The molecule has 0 unspecified atom stereocenters. The lowest BCUT2D eigenvalue weighted by molar-refractivity contribution is -0.137. The largest absolute Gasteiger partial charge is 0.416 e. The number of rotatable bonds is 3. The minimum Gasteiger partial charge on any atom is -0.378 e. The fraction of sp³-hybridized carbons (Fsp3) is 0.263. The van der Waals surface area contributed by atoms with E-state index in [1.807, 2.05) is 11.0 Å². The summed E-state index contributed by atoms with van der Waals surface area (Å²) in [5, 5.41) is 5.18. The topological polar surface area (TPSA) is 53.6 Å². The summed E-state index contributed by atoms with van der Waals surface area (Å²) in [6.07, 6.45) is -4.49. The summed E-state index contributed by atoms with van der Waals surface area (Å²) in [6, 6.07) is 10.3. The molecule has 1 heterocycles. The maximum Gasteiger partial charge on any atom is 0.416 e. The molecule has 0 aromatic heterocycles. The summed E-state index contributed by atoms with van der Waals surface area (Å²) in [7, 11) is 0. The molecular weight excluding hydrogens is 518 g/mol. The van der Waals surface area contributed by atoms with Crippen molar-refractivity contribution >= 4 is 57.2 Å². The van der Waals surface area contributed by atoms with Gasteiger partial charge in [0.15, 0.2) is 5.11 Å². The van der Waals surface area contributed by atoms with Gasteiger partial charge in [0.05, 0.1) is 30.2 Å². The Labute approximate surface area is 184 Å². The molecule has 2 aromatic carbocycles. The minimum absolute atomic E-state index is 0.0808. The van der Waals surface area contributed by atoms with Crippen LogP contribution in [0.1, 0.15) is 15.9 Å². The summed E-state index contributed by atoms with van der Waals surface area (Å²) in [4.78, 5) is 14.3. The zero-order valence-corrected chi connectivity index (χ0v) is 18.0. The lowest BCUT2D eigenvalue weighted by Gasteiger charge is -2.31. The predicted molar refractivity (Wildman–Crippen MR) is 117 cm³/mol. The van der Waals surface area contributed by atoms with Crippen molar-refractivity contribution in [1.82, 2.24) is 5.32 Å². The van der Waals surface area contributed by atoms with E-state index in [1.165, 1.54) is 6.07 Å². The summed E-state index contributed by atoms with van der Waals surface area (Å²) in [5.74, 6) is -0.444. The van der Waals surface area contributed by atoms with Gasteiger partial charge in [-0.2, -0.15) is 13.2 Å². The van der Waals surface area contributed by atoms with Crippen LogP contribution in [0.3, 0.4) is 0 Å². The first kappa shape index (κ1) is 21.8. The average Bonchev–Trinajstić information content (AvgIpc) is 2.68. The SMILES string of the molecule is O=C(NC(=S)Nc1cc(C(F)(F)F)ccc1N1CCOCC1)c1cccc(I)c1. The van der Waals surface area contributed by atoms with Crippen LogP contribution < -0.4 is 15.5 Å². The number of ether oxygens (including phenoxy) is 1. The Morgan fingerprint density at radius 3 is 2.52 bits per heavy atom. The van der Waals surface area contributed by atoms with Crippen molar-refractivity contribution in [3.05, 3.63) is 57.2 Å². The summed E-state index contributed by atoms with van der Waals surface area (Å²) in [5.41, 5.74) is 0.337. The lowest BCUT2D eigenvalue weighted by atomic mass is 10.1. The number of amides is 1. The van der Waals surface area contributed by atoms with Crippen LogP contribution in [0.15, 0.2) is 42.5 Å². The molecule has 29 heavy (non-hydrogen) atoms. The first-order valence-electron chi connectivity index (χ1n) is 8.66. The molecule has 0 saturated carbocycles. The average molecular weight is 535 g/mol. The van der Waals surface area contributed by atoms with E-state index in [0.29, 0.717) is 37.6 Å². The fourth-order valence-corrected chi connectivity index (χ4v) is 3.60. The second-order valence-electron chi connectivity index (χ2n) is 6.25. The highest BCUT2D eigenvalue weighted by Crippen LogP contribution is 2.35. The minimum atomic E-state index is -4.49.